The van der Waals surface area contributed by atoms with Gasteiger partial charge in [0.15, 0.2) is 0 Å². The van der Waals surface area contributed by atoms with Crippen molar-refractivity contribution in [1.29, 1.82) is 0 Å². The minimum Gasteiger partial charge on any atom is -0.317 e. The van der Waals surface area contributed by atoms with Crippen molar-refractivity contribution in [3.8, 4) is 0 Å². The molecule has 168 valence electrons. The molecule has 0 aliphatic carbocycles. The van der Waals surface area contributed by atoms with Gasteiger partial charge >= 0.3 is 0 Å². The number of rotatable bonds is 6. The van der Waals surface area contributed by atoms with Gasteiger partial charge in [-0.05, 0) is 61.7 Å². The molecule has 33 heavy (non-hydrogen) atoms. The van der Waals surface area contributed by atoms with E-state index < -0.39 is 0 Å². The first-order chi connectivity index (χ1) is 16.2. The number of para-hydroxylation sites is 1. The van der Waals surface area contributed by atoms with Crippen molar-refractivity contribution in [2.24, 2.45) is 0 Å². The molecule has 0 saturated carbocycles. The lowest BCUT2D eigenvalue weighted by molar-refractivity contribution is 0.449. The quantitative estimate of drug-likeness (QED) is 0.486. The summed E-state index contributed by atoms with van der Waals surface area (Å²) in [6.45, 7) is 4.57. The minimum atomic E-state index is -0.0557. The molecule has 0 atom stereocenters. The number of hydrogen-bond acceptors (Lipinski definition) is 5. The molecule has 0 amide bonds. The third kappa shape index (κ3) is 4.52. The SMILES string of the molecule is CCc1ccc(Cn2c(=O)ccc3cnc(N(c4ccccc4)C4CCNCC4)nc32)cc1. The first-order valence-corrected chi connectivity index (χ1v) is 11.7. The number of hydrogen-bond donors (Lipinski definition) is 1. The molecular formula is C27H29N5O. The number of aromatic nitrogens is 3. The van der Waals surface area contributed by atoms with Gasteiger partial charge < -0.3 is 10.2 Å². The molecule has 0 radical (unpaired) electrons. The fraction of sp³-hybridized carbons (Fsp3) is 0.296. The highest BCUT2D eigenvalue weighted by Crippen LogP contribution is 2.29. The van der Waals surface area contributed by atoms with Crippen LogP contribution in [0.1, 0.15) is 30.9 Å². The summed E-state index contributed by atoms with van der Waals surface area (Å²) in [5.41, 5.74) is 4.06. The monoisotopic (exact) mass is 439 g/mol. The smallest absolute Gasteiger partial charge is 0.252 e. The van der Waals surface area contributed by atoms with Crippen molar-refractivity contribution < 1.29 is 0 Å². The zero-order valence-corrected chi connectivity index (χ0v) is 18.9. The number of nitrogens with one attached hydrogen (secondary N) is 1. The van der Waals surface area contributed by atoms with Crippen molar-refractivity contribution in [3.63, 3.8) is 0 Å². The molecule has 1 aliphatic heterocycles. The Kier molecular flexibility index (Phi) is 6.17. The molecule has 1 N–H and O–H groups in total. The van der Waals surface area contributed by atoms with Gasteiger partial charge in [0.2, 0.25) is 5.95 Å². The predicted octanol–water partition coefficient (Wildman–Crippen LogP) is 4.29. The Morgan fingerprint density at radius 3 is 2.42 bits per heavy atom. The summed E-state index contributed by atoms with van der Waals surface area (Å²) in [6.07, 6.45) is 4.87. The number of nitrogens with zero attached hydrogens (tertiary/aromatic N) is 4. The van der Waals surface area contributed by atoms with Crippen LogP contribution < -0.4 is 15.8 Å². The Morgan fingerprint density at radius 2 is 1.70 bits per heavy atom. The van der Waals surface area contributed by atoms with Gasteiger partial charge in [-0.1, -0.05) is 49.4 Å². The number of pyridine rings is 1. The first-order valence-electron chi connectivity index (χ1n) is 11.7. The number of aryl methyl sites for hydroxylation is 1. The predicted molar refractivity (Wildman–Crippen MR) is 133 cm³/mol. The highest BCUT2D eigenvalue weighted by molar-refractivity contribution is 5.76. The lowest BCUT2D eigenvalue weighted by Crippen LogP contribution is -2.41. The van der Waals surface area contributed by atoms with Crippen molar-refractivity contribution in [2.45, 2.75) is 38.8 Å². The lowest BCUT2D eigenvalue weighted by atomic mass is 10.0. The van der Waals surface area contributed by atoms with E-state index in [2.05, 4.69) is 53.5 Å². The molecule has 6 nitrogen and oxygen atoms in total. The van der Waals surface area contributed by atoms with E-state index in [1.165, 1.54) is 5.56 Å². The summed E-state index contributed by atoms with van der Waals surface area (Å²) in [7, 11) is 0. The summed E-state index contributed by atoms with van der Waals surface area (Å²) in [4.78, 5) is 24.8. The zero-order chi connectivity index (χ0) is 22.6. The fourth-order valence-corrected chi connectivity index (χ4v) is 4.54. The zero-order valence-electron chi connectivity index (χ0n) is 18.9. The highest BCUT2D eigenvalue weighted by atomic mass is 16.1. The maximum atomic E-state index is 12.9. The van der Waals surface area contributed by atoms with E-state index in [4.69, 9.17) is 9.97 Å². The average molecular weight is 440 g/mol. The maximum absolute atomic E-state index is 12.9. The van der Waals surface area contributed by atoms with Gasteiger partial charge in [0.05, 0.1) is 6.54 Å². The highest BCUT2D eigenvalue weighted by Gasteiger charge is 2.25. The van der Waals surface area contributed by atoms with Crippen LogP contribution in [-0.4, -0.2) is 33.7 Å². The molecule has 5 rings (SSSR count). The topological polar surface area (TPSA) is 63.1 Å². The van der Waals surface area contributed by atoms with Crippen LogP contribution in [-0.2, 0) is 13.0 Å². The molecule has 0 unspecified atom stereocenters. The van der Waals surface area contributed by atoms with E-state index in [-0.39, 0.29) is 5.56 Å². The Balaban J connectivity index is 1.59. The number of piperidine rings is 1. The standard InChI is InChI=1S/C27H29N5O/c1-2-20-8-10-21(11-9-20)19-31-25(33)13-12-22-18-29-27(30-26(22)31)32(23-6-4-3-5-7-23)24-14-16-28-17-15-24/h3-13,18,24,28H,2,14-17,19H2,1H3. The summed E-state index contributed by atoms with van der Waals surface area (Å²) in [6, 6.07) is 22.5. The van der Waals surface area contributed by atoms with Gasteiger partial charge in [0.25, 0.3) is 5.56 Å². The van der Waals surface area contributed by atoms with E-state index in [0.717, 1.165) is 49.0 Å². The summed E-state index contributed by atoms with van der Waals surface area (Å²) >= 11 is 0. The van der Waals surface area contributed by atoms with Gasteiger partial charge in [-0.3, -0.25) is 9.36 Å². The molecule has 0 bridgehead atoms. The normalized spacial score (nSPS) is 14.5. The van der Waals surface area contributed by atoms with Crippen LogP contribution >= 0.6 is 0 Å². The molecule has 3 heterocycles. The van der Waals surface area contributed by atoms with Gasteiger partial charge in [-0.2, -0.15) is 4.98 Å². The lowest BCUT2D eigenvalue weighted by Gasteiger charge is -2.34. The van der Waals surface area contributed by atoms with E-state index >= 15 is 0 Å². The molecule has 1 fully saturated rings. The minimum absolute atomic E-state index is 0.0557. The second-order valence-corrected chi connectivity index (χ2v) is 8.56. The van der Waals surface area contributed by atoms with Crippen molar-refractivity contribution in [1.82, 2.24) is 19.9 Å². The second kappa shape index (κ2) is 9.55. The van der Waals surface area contributed by atoms with Crippen LogP contribution in [0.5, 0.6) is 0 Å². The average Bonchev–Trinajstić information content (AvgIpc) is 2.88. The largest absolute Gasteiger partial charge is 0.317 e. The molecule has 4 aromatic rings. The third-order valence-corrected chi connectivity index (χ3v) is 6.41. The fourth-order valence-electron chi connectivity index (χ4n) is 4.54. The van der Waals surface area contributed by atoms with Crippen LogP contribution in [0.4, 0.5) is 11.6 Å². The Bertz CT molecular complexity index is 1280. The van der Waals surface area contributed by atoms with Crippen molar-refractivity contribution in [2.75, 3.05) is 18.0 Å². The van der Waals surface area contributed by atoms with Gasteiger partial charge in [0, 0.05) is 29.4 Å². The molecule has 0 spiro atoms. The number of fused-ring (bicyclic) bond motifs is 1. The number of benzene rings is 2. The van der Waals surface area contributed by atoms with Crippen LogP contribution in [0.15, 0.2) is 77.7 Å². The maximum Gasteiger partial charge on any atom is 0.252 e. The third-order valence-electron chi connectivity index (χ3n) is 6.41. The van der Waals surface area contributed by atoms with E-state index in [9.17, 15) is 4.79 Å². The number of anilines is 2. The molecular weight excluding hydrogens is 410 g/mol. The Labute approximate surface area is 193 Å². The molecule has 2 aromatic carbocycles. The molecule has 2 aromatic heterocycles. The van der Waals surface area contributed by atoms with Crippen molar-refractivity contribution >= 4 is 22.7 Å². The second-order valence-electron chi connectivity index (χ2n) is 8.56. The molecule has 1 aliphatic rings. The van der Waals surface area contributed by atoms with Gasteiger partial charge in [-0.15, -0.1) is 0 Å². The van der Waals surface area contributed by atoms with Gasteiger partial charge in [0.1, 0.15) is 5.65 Å². The molecule has 6 heteroatoms. The van der Waals surface area contributed by atoms with Crippen LogP contribution in [0.3, 0.4) is 0 Å². The van der Waals surface area contributed by atoms with E-state index in [1.54, 1.807) is 10.6 Å². The van der Waals surface area contributed by atoms with E-state index in [0.29, 0.717) is 24.2 Å². The van der Waals surface area contributed by atoms with Crippen LogP contribution in [0.2, 0.25) is 0 Å². The first kappa shape index (κ1) is 21.3. The van der Waals surface area contributed by atoms with Crippen LogP contribution in [0, 0.1) is 0 Å². The summed E-state index contributed by atoms with van der Waals surface area (Å²) < 4.78 is 1.76. The van der Waals surface area contributed by atoms with Crippen LogP contribution in [0.25, 0.3) is 11.0 Å². The van der Waals surface area contributed by atoms with Gasteiger partial charge in [-0.25, -0.2) is 4.98 Å². The Morgan fingerprint density at radius 1 is 0.970 bits per heavy atom. The van der Waals surface area contributed by atoms with Crippen molar-refractivity contribution in [3.05, 3.63) is 94.4 Å². The summed E-state index contributed by atoms with van der Waals surface area (Å²) in [5, 5.41) is 4.30. The van der Waals surface area contributed by atoms with E-state index in [1.807, 2.05) is 30.5 Å². The Hall–Kier alpha value is -3.51. The molecule has 1 saturated heterocycles. The summed E-state index contributed by atoms with van der Waals surface area (Å²) in [5.74, 6) is 0.640.